The molecular formula is C14H12Cl2O2S. The monoisotopic (exact) mass is 314 g/mol. The van der Waals surface area contributed by atoms with E-state index in [1.165, 1.54) is 23.9 Å². The molecule has 0 atom stereocenters. The third kappa shape index (κ3) is 3.11. The third-order valence-electron chi connectivity index (χ3n) is 2.64. The van der Waals surface area contributed by atoms with Crippen LogP contribution in [0.3, 0.4) is 0 Å². The zero-order valence-electron chi connectivity index (χ0n) is 10.4. The summed E-state index contributed by atoms with van der Waals surface area (Å²) < 4.78 is 0. The number of aryl methyl sites for hydroxylation is 2. The lowest BCUT2D eigenvalue weighted by atomic mass is 10.2. The van der Waals surface area contributed by atoms with Crippen LogP contribution in [0.1, 0.15) is 11.1 Å². The van der Waals surface area contributed by atoms with Crippen molar-refractivity contribution in [3.63, 3.8) is 0 Å². The first-order chi connectivity index (χ1) is 8.88. The summed E-state index contributed by atoms with van der Waals surface area (Å²) in [5, 5.41) is 20.9. The van der Waals surface area contributed by atoms with Crippen LogP contribution >= 0.6 is 35.0 Å². The maximum absolute atomic E-state index is 9.96. The Bertz CT molecular complexity index is 540. The zero-order valence-corrected chi connectivity index (χ0v) is 12.7. The molecule has 5 heteroatoms. The van der Waals surface area contributed by atoms with Gasteiger partial charge in [-0.3, -0.25) is 0 Å². The molecule has 0 amide bonds. The summed E-state index contributed by atoms with van der Waals surface area (Å²) in [5.74, 6) is 0.201. The quantitative estimate of drug-likeness (QED) is 0.803. The Morgan fingerprint density at radius 3 is 1.47 bits per heavy atom. The van der Waals surface area contributed by atoms with Crippen molar-refractivity contribution in [3.05, 3.63) is 45.4 Å². The Morgan fingerprint density at radius 1 is 0.789 bits per heavy atom. The van der Waals surface area contributed by atoms with Crippen LogP contribution in [-0.2, 0) is 0 Å². The van der Waals surface area contributed by atoms with Gasteiger partial charge in [0, 0.05) is 10.0 Å². The van der Waals surface area contributed by atoms with Crippen LogP contribution < -0.4 is 0 Å². The molecule has 2 aromatic carbocycles. The Labute approximate surface area is 126 Å². The summed E-state index contributed by atoms with van der Waals surface area (Å²) in [7, 11) is 0. The van der Waals surface area contributed by atoms with Crippen molar-refractivity contribution < 1.29 is 10.2 Å². The van der Waals surface area contributed by atoms with E-state index in [0.29, 0.717) is 19.8 Å². The fraction of sp³-hybridized carbons (Fsp3) is 0.143. The summed E-state index contributed by atoms with van der Waals surface area (Å²) >= 11 is 13.0. The van der Waals surface area contributed by atoms with Crippen molar-refractivity contribution in [2.75, 3.05) is 0 Å². The highest BCUT2D eigenvalue weighted by atomic mass is 35.5. The van der Waals surface area contributed by atoms with Crippen LogP contribution in [0, 0.1) is 13.8 Å². The standard InChI is InChI=1S/C14H12Cl2O2S/c1-7-3-9(15)5-11(17)13(7)19-14-8(2)4-10(16)6-12(14)18/h3-6,17-18H,1-2H3. The third-order valence-corrected chi connectivity index (χ3v) is 4.55. The number of phenolic OH excluding ortho intramolecular Hbond substituents is 2. The van der Waals surface area contributed by atoms with Crippen molar-refractivity contribution in [1.29, 1.82) is 0 Å². The summed E-state index contributed by atoms with van der Waals surface area (Å²) in [5.41, 5.74) is 1.70. The Morgan fingerprint density at radius 2 is 1.16 bits per heavy atom. The highest BCUT2D eigenvalue weighted by Crippen LogP contribution is 2.44. The number of hydrogen-bond acceptors (Lipinski definition) is 3. The molecule has 0 saturated carbocycles. The molecule has 0 fully saturated rings. The molecule has 19 heavy (non-hydrogen) atoms. The molecule has 2 nitrogen and oxygen atoms in total. The molecule has 2 N–H and O–H groups in total. The van der Waals surface area contributed by atoms with Gasteiger partial charge in [0.1, 0.15) is 11.5 Å². The number of halogens is 2. The largest absolute Gasteiger partial charge is 0.507 e. The first-order valence-corrected chi connectivity index (χ1v) is 7.12. The van der Waals surface area contributed by atoms with Crippen molar-refractivity contribution >= 4 is 35.0 Å². The SMILES string of the molecule is Cc1cc(Cl)cc(O)c1Sc1c(C)cc(Cl)cc1O. The van der Waals surface area contributed by atoms with Crippen LogP contribution in [0.4, 0.5) is 0 Å². The lowest BCUT2D eigenvalue weighted by molar-refractivity contribution is 0.459. The maximum atomic E-state index is 9.96. The summed E-state index contributed by atoms with van der Waals surface area (Å²) in [6, 6.07) is 6.51. The molecule has 100 valence electrons. The predicted molar refractivity (Wildman–Crippen MR) is 79.8 cm³/mol. The van der Waals surface area contributed by atoms with Crippen molar-refractivity contribution in [2.24, 2.45) is 0 Å². The van der Waals surface area contributed by atoms with E-state index in [1.807, 2.05) is 13.8 Å². The molecule has 0 bridgehead atoms. The van der Waals surface area contributed by atoms with Gasteiger partial charge in [0.2, 0.25) is 0 Å². The van der Waals surface area contributed by atoms with Crippen LogP contribution in [0.5, 0.6) is 11.5 Å². The fourth-order valence-electron chi connectivity index (χ4n) is 1.79. The number of hydrogen-bond donors (Lipinski definition) is 2. The summed E-state index contributed by atoms with van der Waals surface area (Å²) in [4.78, 5) is 1.34. The van der Waals surface area contributed by atoms with Gasteiger partial charge in [0.05, 0.1) is 9.79 Å². The first kappa shape index (κ1) is 14.4. The zero-order chi connectivity index (χ0) is 14.2. The minimum Gasteiger partial charge on any atom is -0.507 e. The van der Waals surface area contributed by atoms with Gasteiger partial charge >= 0.3 is 0 Å². The van der Waals surface area contributed by atoms with Gasteiger partial charge in [-0.25, -0.2) is 0 Å². The summed E-state index contributed by atoms with van der Waals surface area (Å²) in [6.07, 6.45) is 0. The second-order valence-corrected chi connectivity index (χ2v) is 6.14. The van der Waals surface area contributed by atoms with Gasteiger partial charge in [-0.2, -0.15) is 0 Å². The molecular weight excluding hydrogens is 303 g/mol. The lowest BCUT2D eigenvalue weighted by Crippen LogP contribution is -1.86. The van der Waals surface area contributed by atoms with Crippen LogP contribution in [0.15, 0.2) is 34.1 Å². The average Bonchev–Trinajstić information content (AvgIpc) is 2.25. The van der Waals surface area contributed by atoms with E-state index in [9.17, 15) is 10.2 Å². The van der Waals surface area contributed by atoms with Crippen LogP contribution in [-0.4, -0.2) is 10.2 Å². The molecule has 0 saturated heterocycles. The normalized spacial score (nSPS) is 10.7. The van der Waals surface area contributed by atoms with Gasteiger partial charge in [-0.1, -0.05) is 35.0 Å². The molecule has 0 unspecified atom stereocenters. The molecule has 0 heterocycles. The lowest BCUT2D eigenvalue weighted by Gasteiger charge is -2.12. The van der Waals surface area contributed by atoms with Crippen LogP contribution in [0.2, 0.25) is 10.0 Å². The number of phenols is 2. The Kier molecular flexibility index (Phi) is 4.19. The molecule has 2 aromatic rings. The van der Waals surface area contributed by atoms with Gasteiger partial charge in [0.15, 0.2) is 0 Å². The van der Waals surface area contributed by atoms with Crippen molar-refractivity contribution in [2.45, 2.75) is 23.6 Å². The molecule has 2 rings (SSSR count). The van der Waals surface area contributed by atoms with E-state index in [4.69, 9.17) is 23.2 Å². The van der Waals surface area contributed by atoms with E-state index in [-0.39, 0.29) is 11.5 Å². The highest BCUT2D eigenvalue weighted by Gasteiger charge is 2.14. The van der Waals surface area contributed by atoms with E-state index in [0.717, 1.165) is 11.1 Å². The smallest absolute Gasteiger partial charge is 0.131 e. The van der Waals surface area contributed by atoms with Crippen molar-refractivity contribution in [1.82, 2.24) is 0 Å². The Hall–Kier alpha value is -1.03. The minimum atomic E-state index is 0.101. The van der Waals surface area contributed by atoms with E-state index in [1.54, 1.807) is 12.1 Å². The highest BCUT2D eigenvalue weighted by molar-refractivity contribution is 7.99. The van der Waals surface area contributed by atoms with E-state index >= 15 is 0 Å². The van der Waals surface area contributed by atoms with Gasteiger partial charge in [-0.15, -0.1) is 0 Å². The topological polar surface area (TPSA) is 40.5 Å². The fourth-order valence-corrected chi connectivity index (χ4v) is 3.30. The molecule has 0 spiro atoms. The second-order valence-electron chi connectivity index (χ2n) is 4.24. The molecule has 0 aliphatic heterocycles. The maximum Gasteiger partial charge on any atom is 0.131 e. The van der Waals surface area contributed by atoms with E-state index < -0.39 is 0 Å². The molecule has 0 aliphatic rings. The molecule has 0 aromatic heterocycles. The van der Waals surface area contributed by atoms with Gasteiger partial charge in [-0.05, 0) is 49.2 Å². The van der Waals surface area contributed by atoms with Gasteiger partial charge < -0.3 is 10.2 Å². The summed E-state index contributed by atoms with van der Waals surface area (Å²) in [6.45, 7) is 3.71. The number of rotatable bonds is 2. The Balaban J connectivity index is 2.48. The van der Waals surface area contributed by atoms with Crippen LogP contribution in [0.25, 0.3) is 0 Å². The predicted octanol–water partition coefficient (Wildman–Crippen LogP) is 5.17. The molecule has 0 aliphatic carbocycles. The number of benzene rings is 2. The van der Waals surface area contributed by atoms with E-state index in [2.05, 4.69) is 0 Å². The average molecular weight is 315 g/mol. The van der Waals surface area contributed by atoms with Gasteiger partial charge in [0.25, 0.3) is 0 Å². The second kappa shape index (κ2) is 5.53. The molecule has 0 radical (unpaired) electrons. The first-order valence-electron chi connectivity index (χ1n) is 5.54. The van der Waals surface area contributed by atoms with Crippen molar-refractivity contribution in [3.8, 4) is 11.5 Å². The minimum absolute atomic E-state index is 0.101. The number of aromatic hydroxyl groups is 2.